The van der Waals surface area contributed by atoms with Gasteiger partial charge in [-0.15, -0.1) is 0 Å². The molecule has 0 radical (unpaired) electrons. The van der Waals surface area contributed by atoms with Gasteiger partial charge in [-0.3, -0.25) is 4.79 Å². The molecule has 0 aliphatic carbocycles. The van der Waals surface area contributed by atoms with E-state index in [-0.39, 0.29) is 5.78 Å². The number of fused-ring (bicyclic) bond motifs is 1. The summed E-state index contributed by atoms with van der Waals surface area (Å²) in [5, 5.41) is 9.56. The van der Waals surface area contributed by atoms with Gasteiger partial charge in [0.1, 0.15) is 11.7 Å². The van der Waals surface area contributed by atoms with Crippen LogP contribution in [0.15, 0.2) is 24.4 Å². The minimum atomic E-state index is -0.639. The number of carbonyl (C=O) groups excluding carboxylic acids is 1. The third-order valence-electron chi connectivity index (χ3n) is 2.74. The Bertz CT molecular complexity index is 607. The molecule has 1 N–H and O–H groups in total. The highest BCUT2D eigenvalue weighted by Crippen LogP contribution is 2.25. The lowest BCUT2D eigenvalue weighted by Gasteiger charge is -2.02. The van der Waals surface area contributed by atoms with Crippen molar-refractivity contribution in [2.75, 3.05) is 7.11 Å². The van der Waals surface area contributed by atoms with Crippen molar-refractivity contribution in [3.8, 4) is 11.8 Å². The molecule has 1 aromatic carbocycles. The maximum atomic E-state index is 12.0. The molecule has 0 saturated carbocycles. The van der Waals surface area contributed by atoms with E-state index in [9.17, 15) is 4.79 Å². The van der Waals surface area contributed by atoms with Gasteiger partial charge in [0.2, 0.25) is 0 Å². The lowest BCUT2D eigenvalue weighted by molar-refractivity contribution is 0.0958. The smallest absolute Gasteiger partial charge is 0.181 e. The lowest BCUT2D eigenvalue weighted by atomic mass is 10.0. The number of benzene rings is 1. The summed E-state index contributed by atoms with van der Waals surface area (Å²) in [6.45, 7) is 1.60. The predicted molar refractivity (Wildman–Crippen MR) is 64.0 cm³/mol. The van der Waals surface area contributed by atoms with Crippen LogP contribution in [-0.4, -0.2) is 17.9 Å². The second-order valence-corrected chi connectivity index (χ2v) is 3.83. The molecule has 86 valence electrons. The fraction of sp³-hybridized carbons (Fsp3) is 0.231. The van der Waals surface area contributed by atoms with Crippen LogP contribution in [0.3, 0.4) is 0 Å². The molecular formula is C13H12N2O2. The zero-order chi connectivity index (χ0) is 12.4. The molecule has 0 amide bonds. The fourth-order valence-electron chi connectivity index (χ4n) is 1.72. The number of H-pyrrole nitrogens is 1. The molecule has 0 saturated heterocycles. The molecular weight excluding hydrogens is 216 g/mol. The maximum Gasteiger partial charge on any atom is 0.181 e. The number of Topliss-reactive ketones (excluding diaryl/α,β-unsaturated/α-hetero) is 1. The molecule has 1 atom stereocenters. The number of nitrogens with zero attached hydrogens (tertiary/aromatic N) is 1. The first-order valence-corrected chi connectivity index (χ1v) is 5.26. The molecule has 2 aromatic rings. The minimum Gasteiger partial charge on any atom is -0.497 e. The van der Waals surface area contributed by atoms with Gasteiger partial charge in [-0.2, -0.15) is 5.26 Å². The van der Waals surface area contributed by atoms with Gasteiger partial charge in [-0.25, -0.2) is 0 Å². The molecule has 0 aliphatic heterocycles. The Labute approximate surface area is 98.8 Å². The summed E-state index contributed by atoms with van der Waals surface area (Å²) < 4.78 is 5.12. The third kappa shape index (κ3) is 1.87. The number of aromatic amines is 1. The van der Waals surface area contributed by atoms with Crippen molar-refractivity contribution >= 4 is 16.7 Å². The van der Waals surface area contributed by atoms with E-state index in [0.717, 1.165) is 10.9 Å². The van der Waals surface area contributed by atoms with Crippen LogP contribution in [0.25, 0.3) is 10.9 Å². The van der Waals surface area contributed by atoms with E-state index < -0.39 is 5.92 Å². The number of ketones is 1. The first-order chi connectivity index (χ1) is 8.17. The van der Waals surface area contributed by atoms with Gasteiger partial charge < -0.3 is 9.72 Å². The Hall–Kier alpha value is -2.28. The number of ether oxygens (including phenoxy) is 1. The van der Waals surface area contributed by atoms with Gasteiger partial charge in [0.15, 0.2) is 5.78 Å². The number of hydrogen-bond acceptors (Lipinski definition) is 3. The average molecular weight is 228 g/mol. The van der Waals surface area contributed by atoms with Gasteiger partial charge >= 0.3 is 0 Å². The summed E-state index contributed by atoms with van der Waals surface area (Å²) in [5.74, 6) is -0.122. The second kappa shape index (κ2) is 4.30. The molecule has 0 bridgehead atoms. The Morgan fingerprint density at radius 3 is 2.94 bits per heavy atom. The van der Waals surface area contributed by atoms with E-state index in [0.29, 0.717) is 11.3 Å². The maximum absolute atomic E-state index is 12.0. The quantitative estimate of drug-likeness (QED) is 0.821. The van der Waals surface area contributed by atoms with E-state index in [2.05, 4.69) is 4.98 Å². The van der Waals surface area contributed by atoms with Crippen molar-refractivity contribution in [2.24, 2.45) is 5.92 Å². The summed E-state index contributed by atoms with van der Waals surface area (Å²) >= 11 is 0. The molecule has 17 heavy (non-hydrogen) atoms. The summed E-state index contributed by atoms with van der Waals surface area (Å²) in [6.07, 6.45) is 1.64. The average Bonchev–Trinajstić information content (AvgIpc) is 2.79. The first kappa shape index (κ1) is 11.2. The number of carbonyl (C=O) groups is 1. The Kier molecular flexibility index (Phi) is 2.84. The van der Waals surface area contributed by atoms with Crippen molar-refractivity contribution in [1.29, 1.82) is 5.26 Å². The van der Waals surface area contributed by atoms with Gasteiger partial charge in [0.25, 0.3) is 0 Å². The van der Waals surface area contributed by atoms with E-state index in [4.69, 9.17) is 10.00 Å². The number of nitrogens with one attached hydrogen (secondary N) is 1. The van der Waals surface area contributed by atoms with Crippen LogP contribution in [0, 0.1) is 17.2 Å². The molecule has 0 aliphatic rings. The highest BCUT2D eigenvalue weighted by molar-refractivity contribution is 6.09. The zero-order valence-corrected chi connectivity index (χ0v) is 9.65. The van der Waals surface area contributed by atoms with E-state index >= 15 is 0 Å². The molecule has 2 rings (SSSR count). The summed E-state index contributed by atoms with van der Waals surface area (Å²) in [6, 6.07) is 7.42. The van der Waals surface area contributed by atoms with Crippen molar-refractivity contribution in [2.45, 2.75) is 6.92 Å². The standard InChI is InChI=1S/C13H12N2O2/c1-8(6-14)13(16)11-7-15-12-4-3-9(17-2)5-10(11)12/h3-5,7-8,15H,1-2H3. The van der Waals surface area contributed by atoms with Gasteiger partial charge in [0.05, 0.1) is 13.2 Å². The van der Waals surface area contributed by atoms with Crippen LogP contribution in [-0.2, 0) is 0 Å². The van der Waals surface area contributed by atoms with Crippen molar-refractivity contribution in [3.05, 3.63) is 30.0 Å². The Morgan fingerprint density at radius 1 is 1.53 bits per heavy atom. The van der Waals surface area contributed by atoms with Crippen molar-refractivity contribution < 1.29 is 9.53 Å². The highest BCUT2D eigenvalue weighted by Gasteiger charge is 2.18. The molecule has 0 spiro atoms. The number of aromatic nitrogens is 1. The van der Waals surface area contributed by atoms with Crippen molar-refractivity contribution in [1.82, 2.24) is 4.98 Å². The van der Waals surface area contributed by atoms with Crippen LogP contribution >= 0.6 is 0 Å². The number of rotatable bonds is 3. The molecule has 1 aromatic heterocycles. The van der Waals surface area contributed by atoms with E-state index in [1.54, 1.807) is 26.3 Å². The fourth-order valence-corrected chi connectivity index (χ4v) is 1.72. The van der Waals surface area contributed by atoms with Crippen LogP contribution in [0.1, 0.15) is 17.3 Å². The molecule has 1 unspecified atom stereocenters. The Balaban J connectivity index is 2.55. The molecule has 0 fully saturated rings. The third-order valence-corrected chi connectivity index (χ3v) is 2.74. The van der Waals surface area contributed by atoms with E-state index in [1.165, 1.54) is 0 Å². The van der Waals surface area contributed by atoms with E-state index in [1.807, 2.05) is 18.2 Å². The van der Waals surface area contributed by atoms with Crippen LogP contribution in [0.4, 0.5) is 0 Å². The molecule has 4 heteroatoms. The van der Waals surface area contributed by atoms with Crippen molar-refractivity contribution in [3.63, 3.8) is 0 Å². The second-order valence-electron chi connectivity index (χ2n) is 3.83. The van der Waals surface area contributed by atoms with Crippen LogP contribution < -0.4 is 4.74 Å². The topological polar surface area (TPSA) is 65.9 Å². The summed E-state index contributed by atoms with van der Waals surface area (Å²) in [4.78, 5) is 15.0. The monoisotopic (exact) mass is 228 g/mol. The molecule has 4 nitrogen and oxygen atoms in total. The van der Waals surface area contributed by atoms with Gasteiger partial charge in [0, 0.05) is 22.7 Å². The highest BCUT2D eigenvalue weighted by atomic mass is 16.5. The number of nitriles is 1. The lowest BCUT2D eigenvalue weighted by Crippen LogP contribution is -2.08. The SMILES string of the molecule is COc1ccc2[nH]cc(C(=O)C(C)C#N)c2c1. The summed E-state index contributed by atoms with van der Waals surface area (Å²) in [7, 11) is 1.58. The first-order valence-electron chi connectivity index (χ1n) is 5.26. The Morgan fingerprint density at radius 2 is 2.29 bits per heavy atom. The van der Waals surface area contributed by atoms with Gasteiger partial charge in [-0.1, -0.05) is 0 Å². The zero-order valence-electron chi connectivity index (χ0n) is 9.65. The largest absolute Gasteiger partial charge is 0.497 e. The predicted octanol–water partition coefficient (Wildman–Crippen LogP) is 2.52. The number of hydrogen-bond donors (Lipinski definition) is 1. The van der Waals surface area contributed by atoms with Crippen LogP contribution in [0.2, 0.25) is 0 Å². The minimum absolute atomic E-state index is 0.174. The molecule has 1 heterocycles. The van der Waals surface area contributed by atoms with Gasteiger partial charge in [-0.05, 0) is 25.1 Å². The summed E-state index contributed by atoms with van der Waals surface area (Å²) in [5.41, 5.74) is 1.40. The normalized spacial score (nSPS) is 12.1. The van der Waals surface area contributed by atoms with Crippen LogP contribution in [0.5, 0.6) is 5.75 Å². The number of methoxy groups -OCH3 is 1.